The van der Waals surface area contributed by atoms with E-state index in [2.05, 4.69) is 16.9 Å². The Morgan fingerprint density at radius 3 is 2.53 bits per heavy atom. The van der Waals surface area contributed by atoms with Crippen LogP contribution in [0.2, 0.25) is 0 Å². The van der Waals surface area contributed by atoms with Gasteiger partial charge >= 0.3 is 0 Å². The SMILES string of the molecule is CCn1nc(C)c(N)c1N1CCCCC1. The van der Waals surface area contributed by atoms with Crippen molar-refractivity contribution in [3.63, 3.8) is 0 Å². The maximum absolute atomic E-state index is 6.08. The number of anilines is 2. The van der Waals surface area contributed by atoms with Gasteiger partial charge in [-0.2, -0.15) is 5.10 Å². The Kier molecular flexibility index (Phi) is 2.84. The molecular formula is C11H20N4. The monoisotopic (exact) mass is 208 g/mol. The molecule has 1 saturated heterocycles. The third kappa shape index (κ3) is 1.80. The smallest absolute Gasteiger partial charge is 0.150 e. The Bertz CT molecular complexity index is 337. The third-order valence-corrected chi connectivity index (χ3v) is 3.10. The average Bonchev–Trinajstić information content (AvgIpc) is 2.56. The summed E-state index contributed by atoms with van der Waals surface area (Å²) >= 11 is 0. The molecule has 15 heavy (non-hydrogen) atoms. The number of hydrogen-bond donors (Lipinski definition) is 1. The lowest BCUT2D eigenvalue weighted by Crippen LogP contribution is -2.32. The van der Waals surface area contributed by atoms with Crippen LogP contribution in [0, 0.1) is 6.92 Å². The Morgan fingerprint density at radius 2 is 1.93 bits per heavy atom. The number of aryl methyl sites for hydroxylation is 2. The van der Waals surface area contributed by atoms with Gasteiger partial charge in [-0.15, -0.1) is 0 Å². The zero-order chi connectivity index (χ0) is 10.8. The maximum Gasteiger partial charge on any atom is 0.150 e. The van der Waals surface area contributed by atoms with Crippen LogP contribution < -0.4 is 10.6 Å². The van der Waals surface area contributed by atoms with Crippen molar-refractivity contribution in [1.82, 2.24) is 9.78 Å². The van der Waals surface area contributed by atoms with E-state index in [1.807, 2.05) is 11.6 Å². The van der Waals surface area contributed by atoms with Crippen LogP contribution in [-0.2, 0) is 6.54 Å². The highest BCUT2D eigenvalue weighted by atomic mass is 15.4. The Morgan fingerprint density at radius 1 is 1.27 bits per heavy atom. The number of rotatable bonds is 2. The van der Waals surface area contributed by atoms with E-state index in [0.29, 0.717) is 0 Å². The van der Waals surface area contributed by atoms with E-state index in [4.69, 9.17) is 5.73 Å². The first kappa shape index (κ1) is 10.3. The maximum atomic E-state index is 6.08. The van der Waals surface area contributed by atoms with Crippen LogP contribution in [0.4, 0.5) is 11.5 Å². The van der Waals surface area contributed by atoms with Gasteiger partial charge in [0.15, 0.2) is 5.82 Å². The highest BCUT2D eigenvalue weighted by molar-refractivity contribution is 5.66. The summed E-state index contributed by atoms with van der Waals surface area (Å²) in [5, 5.41) is 4.45. The lowest BCUT2D eigenvalue weighted by Gasteiger charge is -2.29. The van der Waals surface area contributed by atoms with Gasteiger partial charge in [0, 0.05) is 19.6 Å². The van der Waals surface area contributed by atoms with E-state index in [0.717, 1.165) is 36.8 Å². The minimum absolute atomic E-state index is 0.860. The highest BCUT2D eigenvalue weighted by Crippen LogP contribution is 2.28. The van der Waals surface area contributed by atoms with Gasteiger partial charge in [-0.05, 0) is 33.1 Å². The lowest BCUT2D eigenvalue weighted by atomic mass is 10.1. The first-order valence-corrected chi connectivity index (χ1v) is 5.82. The van der Waals surface area contributed by atoms with Gasteiger partial charge in [0.2, 0.25) is 0 Å². The van der Waals surface area contributed by atoms with Gasteiger partial charge in [0.05, 0.1) is 11.4 Å². The first-order chi connectivity index (χ1) is 7.24. The molecule has 0 amide bonds. The molecule has 1 aromatic heterocycles. The number of aromatic nitrogens is 2. The van der Waals surface area contributed by atoms with Gasteiger partial charge in [-0.3, -0.25) is 0 Å². The summed E-state index contributed by atoms with van der Waals surface area (Å²) in [6, 6.07) is 0. The van der Waals surface area contributed by atoms with E-state index >= 15 is 0 Å². The van der Waals surface area contributed by atoms with Crippen molar-refractivity contribution in [3.05, 3.63) is 5.69 Å². The van der Waals surface area contributed by atoms with E-state index in [-0.39, 0.29) is 0 Å². The topological polar surface area (TPSA) is 47.1 Å². The molecule has 0 radical (unpaired) electrons. The van der Waals surface area contributed by atoms with Gasteiger partial charge in [-0.25, -0.2) is 4.68 Å². The summed E-state index contributed by atoms with van der Waals surface area (Å²) in [6.45, 7) is 7.23. The molecule has 84 valence electrons. The van der Waals surface area contributed by atoms with Crippen LogP contribution in [0.3, 0.4) is 0 Å². The standard InChI is InChI=1S/C11H20N4/c1-3-15-11(10(12)9(2)13-15)14-7-5-4-6-8-14/h3-8,12H2,1-2H3. The van der Waals surface area contributed by atoms with Crippen LogP contribution in [0.5, 0.6) is 0 Å². The number of nitrogens with two attached hydrogens (primary N) is 1. The summed E-state index contributed by atoms with van der Waals surface area (Å²) in [7, 11) is 0. The summed E-state index contributed by atoms with van der Waals surface area (Å²) in [5.41, 5.74) is 7.90. The fraction of sp³-hybridized carbons (Fsp3) is 0.727. The van der Waals surface area contributed by atoms with Crippen LogP contribution in [0.15, 0.2) is 0 Å². The quantitative estimate of drug-likeness (QED) is 0.806. The fourth-order valence-electron chi connectivity index (χ4n) is 2.24. The van der Waals surface area contributed by atoms with E-state index < -0.39 is 0 Å². The zero-order valence-electron chi connectivity index (χ0n) is 9.66. The van der Waals surface area contributed by atoms with Crippen molar-refractivity contribution in [2.75, 3.05) is 23.7 Å². The second-order valence-corrected chi connectivity index (χ2v) is 4.19. The molecule has 4 heteroatoms. The number of hydrogen-bond acceptors (Lipinski definition) is 3. The molecule has 2 heterocycles. The highest BCUT2D eigenvalue weighted by Gasteiger charge is 2.19. The second kappa shape index (κ2) is 4.13. The minimum atomic E-state index is 0.860. The van der Waals surface area contributed by atoms with Crippen molar-refractivity contribution >= 4 is 11.5 Å². The molecule has 0 unspecified atom stereocenters. The average molecular weight is 208 g/mol. The third-order valence-electron chi connectivity index (χ3n) is 3.10. The van der Waals surface area contributed by atoms with Gasteiger partial charge in [0.25, 0.3) is 0 Å². The van der Waals surface area contributed by atoms with Crippen molar-refractivity contribution in [3.8, 4) is 0 Å². The van der Waals surface area contributed by atoms with Crippen molar-refractivity contribution in [2.24, 2.45) is 0 Å². The molecule has 1 aliphatic heterocycles. The van der Waals surface area contributed by atoms with Crippen LogP contribution >= 0.6 is 0 Å². The van der Waals surface area contributed by atoms with Gasteiger partial charge < -0.3 is 10.6 Å². The molecule has 0 spiro atoms. The van der Waals surface area contributed by atoms with Crippen molar-refractivity contribution < 1.29 is 0 Å². The first-order valence-electron chi connectivity index (χ1n) is 5.82. The van der Waals surface area contributed by atoms with Crippen molar-refractivity contribution in [2.45, 2.75) is 39.7 Å². The van der Waals surface area contributed by atoms with E-state index in [1.54, 1.807) is 0 Å². The molecule has 1 aliphatic rings. The molecule has 0 aromatic carbocycles. The molecule has 2 rings (SSSR count). The van der Waals surface area contributed by atoms with Crippen LogP contribution in [0.25, 0.3) is 0 Å². The fourth-order valence-corrected chi connectivity index (χ4v) is 2.24. The number of piperidine rings is 1. The molecule has 0 saturated carbocycles. The summed E-state index contributed by atoms with van der Waals surface area (Å²) in [5.74, 6) is 1.13. The second-order valence-electron chi connectivity index (χ2n) is 4.19. The normalized spacial score (nSPS) is 17.1. The molecule has 0 atom stereocenters. The van der Waals surface area contributed by atoms with E-state index in [1.165, 1.54) is 19.3 Å². The summed E-state index contributed by atoms with van der Waals surface area (Å²) in [4.78, 5) is 2.38. The Labute approximate surface area is 91.1 Å². The lowest BCUT2D eigenvalue weighted by molar-refractivity contribution is 0.550. The number of nitrogens with zero attached hydrogens (tertiary/aromatic N) is 3. The van der Waals surface area contributed by atoms with Crippen molar-refractivity contribution in [1.29, 1.82) is 0 Å². The summed E-state index contributed by atoms with van der Waals surface area (Å²) in [6.07, 6.45) is 3.89. The molecule has 0 bridgehead atoms. The number of nitrogen functional groups attached to an aromatic ring is 1. The van der Waals surface area contributed by atoms with Crippen LogP contribution in [0.1, 0.15) is 31.9 Å². The molecule has 0 aliphatic carbocycles. The zero-order valence-corrected chi connectivity index (χ0v) is 9.66. The molecule has 1 aromatic rings. The molecular weight excluding hydrogens is 188 g/mol. The molecule has 1 fully saturated rings. The Balaban J connectivity index is 2.31. The predicted molar refractivity (Wildman–Crippen MR) is 63.1 cm³/mol. The van der Waals surface area contributed by atoms with Gasteiger partial charge in [-0.1, -0.05) is 0 Å². The van der Waals surface area contributed by atoms with Gasteiger partial charge in [0.1, 0.15) is 0 Å². The van der Waals surface area contributed by atoms with E-state index in [9.17, 15) is 0 Å². The Hall–Kier alpha value is -1.19. The minimum Gasteiger partial charge on any atom is -0.394 e. The molecule has 4 nitrogen and oxygen atoms in total. The summed E-state index contributed by atoms with van der Waals surface area (Å²) < 4.78 is 2.02. The predicted octanol–water partition coefficient (Wildman–Crippen LogP) is 1.78. The molecule has 2 N–H and O–H groups in total. The van der Waals surface area contributed by atoms with Crippen LogP contribution in [-0.4, -0.2) is 22.9 Å². The largest absolute Gasteiger partial charge is 0.394 e.